The fraction of sp³-hybridized carbons (Fsp3) is 0.375. The summed E-state index contributed by atoms with van der Waals surface area (Å²) in [5.74, 6) is -0.622. The van der Waals surface area contributed by atoms with Gasteiger partial charge < -0.3 is 4.74 Å². The van der Waals surface area contributed by atoms with Gasteiger partial charge >= 0.3 is 5.97 Å². The number of fused-ring (bicyclic) bond motifs is 2. The van der Waals surface area contributed by atoms with Gasteiger partial charge in [0.25, 0.3) is 0 Å². The molecule has 0 saturated heterocycles. The Morgan fingerprint density at radius 1 is 0.857 bits per heavy atom. The van der Waals surface area contributed by atoms with Gasteiger partial charge in [0.2, 0.25) is 5.78 Å². The number of ketones is 2. The van der Waals surface area contributed by atoms with Crippen LogP contribution >= 0.6 is 0 Å². The highest BCUT2D eigenvalue weighted by atomic mass is 16.5. The molecule has 2 saturated carbocycles. The van der Waals surface area contributed by atoms with Crippen molar-refractivity contribution in [2.45, 2.75) is 38.2 Å². The molecule has 0 radical (unpaired) electrons. The predicted molar refractivity (Wildman–Crippen MR) is 105 cm³/mol. The van der Waals surface area contributed by atoms with Gasteiger partial charge in [0.15, 0.2) is 6.10 Å². The Bertz CT molecular complexity index is 843. The maximum Gasteiger partial charge on any atom is 0.310 e. The minimum absolute atomic E-state index is 0.0231. The Labute approximate surface area is 164 Å². The Hall–Kier alpha value is -2.75. The van der Waals surface area contributed by atoms with Crippen molar-refractivity contribution in [3.8, 4) is 0 Å². The molecule has 4 rings (SSSR count). The van der Waals surface area contributed by atoms with Crippen molar-refractivity contribution in [1.29, 1.82) is 0 Å². The summed E-state index contributed by atoms with van der Waals surface area (Å²) in [5.41, 5.74) is 1.18. The van der Waals surface area contributed by atoms with E-state index >= 15 is 0 Å². The normalized spacial score (nSPS) is 25.0. The van der Waals surface area contributed by atoms with Crippen LogP contribution in [0.25, 0.3) is 0 Å². The predicted octanol–water partition coefficient (Wildman–Crippen LogP) is 4.55. The van der Waals surface area contributed by atoms with E-state index in [1.54, 1.807) is 36.4 Å². The van der Waals surface area contributed by atoms with Crippen molar-refractivity contribution in [1.82, 2.24) is 0 Å². The van der Waals surface area contributed by atoms with Gasteiger partial charge in [0, 0.05) is 23.0 Å². The number of hydrogen-bond donors (Lipinski definition) is 0. The molecule has 0 aliphatic heterocycles. The summed E-state index contributed by atoms with van der Waals surface area (Å²) >= 11 is 0. The van der Waals surface area contributed by atoms with Crippen LogP contribution in [0, 0.1) is 17.8 Å². The van der Waals surface area contributed by atoms with Crippen LogP contribution in [0.2, 0.25) is 0 Å². The molecule has 4 atom stereocenters. The Morgan fingerprint density at radius 2 is 1.43 bits per heavy atom. The lowest BCUT2D eigenvalue weighted by Crippen LogP contribution is -2.40. The molecule has 2 aliphatic carbocycles. The van der Waals surface area contributed by atoms with Gasteiger partial charge in [-0.2, -0.15) is 0 Å². The smallest absolute Gasteiger partial charge is 0.310 e. The Balaban J connectivity index is 1.55. The SMILES string of the molecule is O=C(O[C@@H](C(=O)c1ccccc1)c1ccccc1)C1C[C@H]2CCC[C@@H](C1)C2=O. The highest BCUT2D eigenvalue weighted by Gasteiger charge is 2.42. The van der Waals surface area contributed by atoms with E-state index in [1.807, 2.05) is 24.3 Å². The zero-order valence-electron chi connectivity index (χ0n) is 15.8. The standard InChI is InChI=1S/C24H24O4/c25-21-18-12-7-13-19(21)15-20(14-18)24(27)28-23(17-10-5-2-6-11-17)22(26)16-8-3-1-4-9-16/h1-6,8-11,18-20,23H,7,12-15H2/t18-,19+,20?,23-/m1/s1. The van der Waals surface area contributed by atoms with Crippen LogP contribution in [0.4, 0.5) is 0 Å². The van der Waals surface area contributed by atoms with E-state index in [0.717, 1.165) is 19.3 Å². The van der Waals surface area contributed by atoms with Gasteiger partial charge in [-0.1, -0.05) is 67.1 Å². The molecule has 2 fully saturated rings. The molecule has 0 amide bonds. The first kappa shape index (κ1) is 18.6. The van der Waals surface area contributed by atoms with Crippen LogP contribution in [-0.2, 0) is 14.3 Å². The molecule has 0 spiro atoms. The first-order valence-corrected chi connectivity index (χ1v) is 10.0. The van der Waals surface area contributed by atoms with Gasteiger partial charge in [0.05, 0.1) is 5.92 Å². The summed E-state index contributed by atoms with van der Waals surface area (Å²) < 4.78 is 5.79. The lowest BCUT2D eigenvalue weighted by atomic mass is 9.67. The highest BCUT2D eigenvalue weighted by molar-refractivity contribution is 6.01. The molecule has 0 heterocycles. The molecule has 2 aliphatic rings. The summed E-state index contributed by atoms with van der Waals surface area (Å²) in [6, 6.07) is 18.0. The number of carbonyl (C=O) groups excluding carboxylic acids is 3. The third-order valence-electron chi connectivity index (χ3n) is 6.01. The molecule has 1 unspecified atom stereocenters. The second kappa shape index (κ2) is 8.09. The first-order valence-electron chi connectivity index (χ1n) is 10.0. The van der Waals surface area contributed by atoms with Gasteiger partial charge in [-0.25, -0.2) is 0 Å². The van der Waals surface area contributed by atoms with Crippen molar-refractivity contribution >= 4 is 17.5 Å². The van der Waals surface area contributed by atoms with Gasteiger partial charge in [-0.15, -0.1) is 0 Å². The average Bonchev–Trinajstić information content (AvgIpc) is 2.72. The quantitative estimate of drug-likeness (QED) is 0.567. The van der Waals surface area contributed by atoms with E-state index in [9.17, 15) is 14.4 Å². The van der Waals surface area contributed by atoms with Crippen LogP contribution in [0.1, 0.15) is 54.1 Å². The first-order chi connectivity index (χ1) is 13.6. The maximum absolute atomic E-state index is 13.1. The number of carbonyl (C=O) groups is 3. The lowest BCUT2D eigenvalue weighted by Gasteiger charge is -2.36. The van der Waals surface area contributed by atoms with Crippen molar-refractivity contribution in [3.05, 3.63) is 71.8 Å². The average molecular weight is 376 g/mol. The topological polar surface area (TPSA) is 60.4 Å². The minimum atomic E-state index is -0.964. The second-order valence-corrected chi connectivity index (χ2v) is 7.85. The summed E-state index contributed by atoms with van der Waals surface area (Å²) in [7, 11) is 0. The molecule has 2 aromatic carbocycles. The zero-order chi connectivity index (χ0) is 19.5. The summed E-state index contributed by atoms with van der Waals surface area (Å²) in [4.78, 5) is 38.4. The van der Waals surface area contributed by atoms with Crippen molar-refractivity contribution in [2.24, 2.45) is 17.8 Å². The monoisotopic (exact) mass is 376 g/mol. The number of rotatable bonds is 5. The summed E-state index contributed by atoms with van der Waals surface area (Å²) in [5, 5.41) is 0. The Kier molecular flexibility index (Phi) is 5.38. The van der Waals surface area contributed by atoms with Crippen LogP contribution < -0.4 is 0 Å². The number of ether oxygens (including phenoxy) is 1. The molecule has 0 aromatic heterocycles. The number of hydrogen-bond acceptors (Lipinski definition) is 4. The highest BCUT2D eigenvalue weighted by Crippen LogP contribution is 2.41. The molecule has 144 valence electrons. The lowest BCUT2D eigenvalue weighted by molar-refractivity contribution is -0.156. The molecular weight excluding hydrogens is 352 g/mol. The van der Waals surface area contributed by atoms with E-state index in [0.29, 0.717) is 29.8 Å². The molecular formula is C24H24O4. The molecule has 28 heavy (non-hydrogen) atoms. The summed E-state index contributed by atoms with van der Waals surface area (Å²) in [6.45, 7) is 0. The number of esters is 1. The van der Waals surface area contributed by atoms with E-state index in [1.165, 1.54) is 0 Å². The third kappa shape index (κ3) is 3.77. The maximum atomic E-state index is 13.1. The molecule has 2 aromatic rings. The second-order valence-electron chi connectivity index (χ2n) is 7.85. The molecule has 0 N–H and O–H groups in total. The summed E-state index contributed by atoms with van der Waals surface area (Å²) in [6.07, 6.45) is 2.93. The van der Waals surface area contributed by atoms with E-state index in [-0.39, 0.29) is 29.5 Å². The minimum Gasteiger partial charge on any atom is -0.449 e. The van der Waals surface area contributed by atoms with E-state index in [2.05, 4.69) is 0 Å². The fourth-order valence-corrected chi connectivity index (χ4v) is 4.54. The van der Waals surface area contributed by atoms with Crippen LogP contribution in [0.15, 0.2) is 60.7 Å². The van der Waals surface area contributed by atoms with Gasteiger partial charge in [-0.3, -0.25) is 14.4 Å². The number of Topliss-reactive ketones (excluding diaryl/α,β-unsaturated/α-hetero) is 2. The molecule has 2 bridgehead atoms. The van der Waals surface area contributed by atoms with Crippen LogP contribution in [0.5, 0.6) is 0 Å². The zero-order valence-corrected chi connectivity index (χ0v) is 15.8. The van der Waals surface area contributed by atoms with Crippen LogP contribution in [0.3, 0.4) is 0 Å². The van der Waals surface area contributed by atoms with Gasteiger partial charge in [-0.05, 0) is 25.7 Å². The van der Waals surface area contributed by atoms with Crippen molar-refractivity contribution in [2.75, 3.05) is 0 Å². The van der Waals surface area contributed by atoms with E-state index < -0.39 is 6.10 Å². The fourth-order valence-electron chi connectivity index (χ4n) is 4.54. The number of benzene rings is 2. The van der Waals surface area contributed by atoms with Crippen molar-refractivity contribution < 1.29 is 19.1 Å². The van der Waals surface area contributed by atoms with E-state index in [4.69, 9.17) is 4.74 Å². The molecule has 4 nitrogen and oxygen atoms in total. The third-order valence-corrected chi connectivity index (χ3v) is 6.01. The van der Waals surface area contributed by atoms with Gasteiger partial charge in [0.1, 0.15) is 5.78 Å². The van der Waals surface area contributed by atoms with Crippen LogP contribution in [-0.4, -0.2) is 17.5 Å². The van der Waals surface area contributed by atoms with Crippen molar-refractivity contribution in [3.63, 3.8) is 0 Å². The Morgan fingerprint density at radius 3 is 2.04 bits per heavy atom. The molecule has 4 heteroatoms. The largest absolute Gasteiger partial charge is 0.449 e.